The summed E-state index contributed by atoms with van der Waals surface area (Å²) >= 11 is 0. The Labute approximate surface area is 91.5 Å². The maximum absolute atomic E-state index is 11.6. The molecule has 0 bridgehead atoms. The molecule has 0 saturated carbocycles. The summed E-state index contributed by atoms with van der Waals surface area (Å²) in [6, 6.07) is -0.120. The number of hydrogen-bond acceptors (Lipinski definition) is 2. The van der Waals surface area contributed by atoms with Gasteiger partial charge in [0.2, 0.25) is 0 Å². The number of nitrogens with zero attached hydrogens (tertiary/aromatic N) is 1. The molecule has 4 heteroatoms. The van der Waals surface area contributed by atoms with Crippen LogP contribution in [0.15, 0.2) is 0 Å². The molecule has 1 saturated heterocycles. The second-order valence-electron chi connectivity index (χ2n) is 4.83. The number of carbonyl (C=O) groups is 1. The van der Waals surface area contributed by atoms with E-state index in [0.717, 1.165) is 19.4 Å². The average molecular weight is 211 g/mol. The molecule has 4 nitrogen and oxygen atoms in total. The highest BCUT2D eigenvalue weighted by Gasteiger charge is 2.45. The molecule has 0 aromatic rings. The van der Waals surface area contributed by atoms with Gasteiger partial charge in [-0.1, -0.05) is 20.8 Å². The zero-order chi connectivity index (χ0) is 11.6. The van der Waals surface area contributed by atoms with Gasteiger partial charge < -0.3 is 4.90 Å². The van der Waals surface area contributed by atoms with Gasteiger partial charge in [-0.15, -0.1) is 0 Å². The van der Waals surface area contributed by atoms with Gasteiger partial charge in [0.25, 0.3) is 0 Å². The first-order valence-electron chi connectivity index (χ1n) is 5.59. The van der Waals surface area contributed by atoms with Gasteiger partial charge in [-0.05, 0) is 25.7 Å². The molecule has 2 N–H and O–H groups in total. The van der Waals surface area contributed by atoms with Crippen molar-refractivity contribution in [3.8, 4) is 0 Å². The number of amides is 2. The van der Waals surface area contributed by atoms with Crippen LogP contribution in [0.3, 0.4) is 0 Å². The van der Waals surface area contributed by atoms with Gasteiger partial charge in [0.05, 0.1) is 5.54 Å². The van der Waals surface area contributed by atoms with E-state index in [0.29, 0.717) is 11.8 Å². The zero-order valence-electron chi connectivity index (χ0n) is 10.1. The summed E-state index contributed by atoms with van der Waals surface area (Å²) in [4.78, 5) is 13.4. The number of nitrogens with one attached hydrogen (secondary N) is 2. The van der Waals surface area contributed by atoms with Crippen molar-refractivity contribution < 1.29 is 4.79 Å². The van der Waals surface area contributed by atoms with Gasteiger partial charge in [-0.25, -0.2) is 4.79 Å². The highest BCUT2D eigenvalue weighted by Crippen LogP contribution is 2.28. The van der Waals surface area contributed by atoms with Crippen LogP contribution in [0.4, 0.5) is 4.79 Å². The van der Waals surface area contributed by atoms with Gasteiger partial charge in [0.1, 0.15) is 5.84 Å². The van der Waals surface area contributed by atoms with Crippen molar-refractivity contribution in [3.05, 3.63) is 0 Å². The minimum absolute atomic E-state index is 0.120. The highest BCUT2D eigenvalue weighted by atomic mass is 16.2. The fraction of sp³-hybridized carbons (Fsp3) is 0.818. The Hall–Kier alpha value is -1.06. The third kappa shape index (κ3) is 2.13. The summed E-state index contributed by atoms with van der Waals surface area (Å²) in [6.45, 7) is 8.97. The second-order valence-corrected chi connectivity index (χ2v) is 4.83. The Bertz CT molecular complexity index is 275. The summed E-state index contributed by atoms with van der Waals surface area (Å²) < 4.78 is 0. The maximum Gasteiger partial charge on any atom is 0.323 e. The van der Waals surface area contributed by atoms with E-state index >= 15 is 0 Å². The fourth-order valence-corrected chi connectivity index (χ4v) is 2.25. The maximum atomic E-state index is 11.6. The number of hydrogen-bond donors (Lipinski definition) is 2. The van der Waals surface area contributed by atoms with Crippen LogP contribution in [0.1, 0.15) is 40.5 Å². The molecule has 86 valence electrons. The molecule has 0 aromatic carbocycles. The Morgan fingerprint density at radius 2 is 2.13 bits per heavy atom. The largest absolute Gasteiger partial charge is 0.323 e. The van der Waals surface area contributed by atoms with Crippen molar-refractivity contribution >= 4 is 11.9 Å². The molecule has 1 unspecified atom stereocenters. The highest BCUT2D eigenvalue weighted by molar-refractivity contribution is 6.08. The monoisotopic (exact) mass is 211 g/mol. The lowest BCUT2D eigenvalue weighted by Crippen LogP contribution is -2.48. The van der Waals surface area contributed by atoms with Crippen molar-refractivity contribution in [3.63, 3.8) is 0 Å². The molecule has 0 radical (unpaired) electrons. The van der Waals surface area contributed by atoms with E-state index in [1.165, 1.54) is 0 Å². The number of rotatable bonds is 4. The minimum atomic E-state index is -0.429. The van der Waals surface area contributed by atoms with Crippen LogP contribution in [-0.2, 0) is 0 Å². The van der Waals surface area contributed by atoms with Crippen molar-refractivity contribution in [2.45, 2.75) is 46.1 Å². The van der Waals surface area contributed by atoms with Crippen LogP contribution in [0.2, 0.25) is 0 Å². The molecule has 1 aliphatic heterocycles. The smallest absolute Gasteiger partial charge is 0.312 e. The van der Waals surface area contributed by atoms with Crippen molar-refractivity contribution in [1.29, 1.82) is 5.41 Å². The molecule has 1 rings (SSSR count). The number of urea groups is 1. The predicted molar refractivity (Wildman–Crippen MR) is 61.1 cm³/mol. The van der Waals surface area contributed by atoms with Gasteiger partial charge in [-0.2, -0.15) is 0 Å². The van der Waals surface area contributed by atoms with Crippen LogP contribution in [0.5, 0.6) is 0 Å². The first-order valence-corrected chi connectivity index (χ1v) is 5.59. The average Bonchev–Trinajstić information content (AvgIpc) is 2.29. The molecule has 0 aromatic heterocycles. The Morgan fingerprint density at radius 1 is 1.53 bits per heavy atom. The second kappa shape index (κ2) is 4.21. The standard InChI is InChI=1S/C11H21N3O/c1-5-6-14-10(15)13-9(12)11(14,4)7-8(2)3/h8H,5-7H2,1-4H3,(H2,12,13,15). The van der Waals surface area contributed by atoms with Crippen LogP contribution in [0.25, 0.3) is 0 Å². The van der Waals surface area contributed by atoms with Gasteiger partial charge >= 0.3 is 6.03 Å². The fourth-order valence-electron chi connectivity index (χ4n) is 2.25. The third-order valence-electron chi connectivity index (χ3n) is 2.86. The lowest BCUT2D eigenvalue weighted by molar-refractivity contribution is 0.168. The summed E-state index contributed by atoms with van der Waals surface area (Å²) in [5, 5.41) is 10.5. The number of amidine groups is 1. The van der Waals surface area contributed by atoms with Crippen LogP contribution >= 0.6 is 0 Å². The van der Waals surface area contributed by atoms with Crippen molar-refractivity contribution in [2.75, 3.05) is 6.54 Å². The normalized spacial score (nSPS) is 26.3. The first-order chi connectivity index (χ1) is 6.91. The molecule has 1 aliphatic rings. The van der Waals surface area contributed by atoms with Crippen molar-refractivity contribution in [2.24, 2.45) is 5.92 Å². The first kappa shape index (κ1) is 12.0. The van der Waals surface area contributed by atoms with Crippen LogP contribution < -0.4 is 5.32 Å². The van der Waals surface area contributed by atoms with E-state index in [1.54, 1.807) is 4.90 Å². The summed E-state index contributed by atoms with van der Waals surface area (Å²) in [5.74, 6) is 0.817. The van der Waals surface area contributed by atoms with E-state index in [2.05, 4.69) is 19.2 Å². The Kier molecular flexibility index (Phi) is 3.37. The summed E-state index contributed by atoms with van der Waals surface area (Å²) in [6.07, 6.45) is 1.76. The van der Waals surface area contributed by atoms with E-state index in [4.69, 9.17) is 5.41 Å². The van der Waals surface area contributed by atoms with Gasteiger partial charge in [-0.3, -0.25) is 10.7 Å². The Balaban J connectivity index is 2.90. The van der Waals surface area contributed by atoms with E-state index < -0.39 is 5.54 Å². The van der Waals surface area contributed by atoms with Crippen molar-refractivity contribution in [1.82, 2.24) is 10.2 Å². The molecule has 15 heavy (non-hydrogen) atoms. The molecule has 1 heterocycles. The predicted octanol–water partition coefficient (Wildman–Crippen LogP) is 2.20. The molecular formula is C11H21N3O. The lowest BCUT2D eigenvalue weighted by Gasteiger charge is -2.34. The molecular weight excluding hydrogens is 190 g/mol. The van der Waals surface area contributed by atoms with Crippen LogP contribution in [-0.4, -0.2) is 28.9 Å². The van der Waals surface area contributed by atoms with E-state index in [9.17, 15) is 4.79 Å². The summed E-state index contributed by atoms with van der Waals surface area (Å²) in [5.41, 5.74) is -0.429. The quantitative estimate of drug-likeness (QED) is 0.736. The topological polar surface area (TPSA) is 56.2 Å². The minimum Gasteiger partial charge on any atom is -0.312 e. The number of carbonyl (C=O) groups excluding carboxylic acids is 1. The molecule has 1 fully saturated rings. The molecule has 0 aliphatic carbocycles. The molecule has 0 spiro atoms. The zero-order valence-corrected chi connectivity index (χ0v) is 10.1. The SMILES string of the molecule is CCCN1C(=O)NC(=N)C1(C)CC(C)C. The summed E-state index contributed by atoms with van der Waals surface area (Å²) in [7, 11) is 0. The molecule has 1 atom stereocenters. The van der Waals surface area contributed by atoms with Gasteiger partial charge in [0.15, 0.2) is 0 Å². The Morgan fingerprint density at radius 3 is 2.60 bits per heavy atom. The van der Waals surface area contributed by atoms with Gasteiger partial charge in [0, 0.05) is 6.54 Å². The molecule has 2 amide bonds. The van der Waals surface area contributed by atoms with E-state index in [-0.39, 0.29) is 6.03 Å². The van der Waals surface area contributed by atoms with Crippen LogP contribution in [0, 0.1) is 11.3 Å². The lowest BCUT2D eigenvalue weighted by atomic mass is 9.89. The third-order valence-corrected chi connectivity index (χ3v) is 2.86. The van der Waals surface area contributed by atoms with E-state index in [1.807, 2.05) is 13.8 Å².